The predicted molar refractivity (Wildman–Crippen MR) is 66.9 cm³/mol. The molecule has 0 aliphatic heterocycles. The lowest BCUT2D eigenvalue weighted by molar-refractivity contribution is 0.761. The Labute approximate surface area is 90.8 Å². The zero-order chi connectivity index (χ0) is 8.69. The molecular weight excluding hydrogens is 212 g/mol. The molecular formula is C7H14S4. The summed E-state index contributed by atoms with van der Waals surface area (Å²) in [5.74, 6) is 3.03. The Morgan fingerprint density at radius 1 is 1.18 bits per heavy atom. The standard InChI is InChI=1S/C7H14S4/c8-3-1-6(5-10)7(11)2-4-9/h6,8-10H,1-5H2. The highest BCUT2D eigenvalue weighted by Gasteiger charge is 2.10. The Kier molecular flexibility index (Phi) is 8.58. The third-order valence-electron chi connectivity index (χ3n) is 1.51. The number of hydrogen-bond acceptors (Lipinski definition) is 4. The van der Waals surface area contributed by atoms with Crippen molar-refractivity contribution in [1.29, 1.82) is 0 Å². The molecule has 0 amide bonds. The molecule has 0 aromatic carbocycles. The maximum absolute atomic E-state index is 5.21. The topological polar surface area (TPSA) is 0 Å². The van der Waals surface area contributed by atoms with Crippen LogP contribution in [0, 0.1) is 5.92 Å². The van der Waals surface area contributed by atoms with E-state index in [-0.39, 0.29) is 0 Å². The molecule has 0 aliphatic rings. The summed E-state index contributed by atoms with van der Waals surface area (Å²) >= 11 is 17.7. The summed E-state index contributed by atoms with van der Waals surface area (Å²) in [6, 6.07) is 0. The second-order valence-electron chi connectivity index (χ2n) is 2.33. The monoisotopic (exact) mass is 226 g/mol. The molecule has 0 N–H and O–H groups in total. The molecule has 66 valence electrons. The van der Waals surface area contributed by atoms with Gasteiger partial charge in [0.05, 0.1) is 0 Å². The number of hydrogen-bond donors (Lipinski definition) is 3. The van der Waals surface area contributed by atoms with E-state index in [1.165, 1.54) is 0 Å². The molecule has 11 heavy (non-hydrogen) atoms. The molecule has 0 aromatic rings. The molecule has 0 bridgehead atoms. The van der Waals surface area contributed by atoms with Crippen molar-refractivity contribution in [2.24, 2.45) is 5.92 Å². The van der Waals surface area contributed by atoms with E-state index in [4.69, 9.17) is 12.2 Å². The van der Waals surface area contributed by atoms with Crippen molar-refractivity contribution in [3.8, 4) is 0 Å². The molecule has 0 heterocycles. The van der Waals surface area contributed by atoms with E-state index in [2.05, 4.69) is 37.9 Å². The van der Waals surface area contributed by atoms with E-state index in [0.29, 0.717) is 5.92 Å². The fourth-order valence-corrected chi connectivity index (χ4v) is 2.36. The van der Waals surface area contributed by atoms with Crippen LogP contribution in [0.2, 0.25) is 0 Å². The van der Waals surface area contributed by atoms with E-state index in [1.807, 2.05) is 0 Å². The smallest absolute Gasteiger partial charge is 0.000173 e. The van der Waals surface area contributed by atoms with Crippen molar-refractivity contribution in [3.05, 3.63) is 0 Å². The number of rotatable bonds is 6. The summed E-state index contributed by atoms with van der Waals surface area (Å²) in [4.78, 5) is 1.10. The first-order valence-corrected chi connectivity index (χ1v) is 5.92. The summed E-state index contributed by atoms with van der Waals surface area (Å²) in [5, 5.41) is 0. The van der Waals surface area contributed by atoms with Crippen LogP contribution in [0.5, 0.6) is 0 Å². The fraction of sp³-hybridized carbons (Fsp3) is 0.857. The van der Waals surface area contributed by atoms with E-state index >= 15 is 0 Å². The highest BCUT2D eigenvalue weighted by Crippen LogP contribution is 2.12. The average molecular weight is 226 g/mol. The van der Waals surface area contributed by atoms with Gasteiger partial charge in [0.1, 0.15) is 0 Å². The van der Waals surface area contributed by atoms with Crippen LogP contribution in [0.25, 0.3) is 0 Å². The Hall–Kier alpha value is 1.14. The minimum absolute atomic E-state index is 0.456. The van der Waals surface area contributed by atoms with E-state index in [1.54, 1.807) is 0 Å². The van der Waals surface area contributed by atoms with E-state index < -0.39 is 0 Å². The minimum atomic E-state index is 0.456. The second kappa shape index (κ2) is 7.77. The summed E-state index contributed by atoms with van der Waals surface area (Å²) in [6.07, 6.45) is 1.97. The Morgan fingerprint density at radius 3 is 2.18 bits per heavy atom. The fourth-order valence-electron chi connectivity index (χ4n) is 0.824. The molecule has 0 nitrogen and oxygen atoms in total. The van der Waals surface area contributed by atoms with Gasteiger partial charge in [0.25, 0.3) is 0 Å². The van der Waals surface area contributed by atoms with Crippen LogP contribution in [-0.2, 0) is 0 Å². The first kappa shape index (κ1) is 12.1. The first-order chi connectivity index (χ1) is 5.26. The molecule has 0 radical (unpaired) electrons. The van der Waals surface area contributed by atoms with Gasteiger partial charge in [-0.3, -0.25) is 0 Å². The first-order valence-electron chi connectivity index (χ1n) is 3.61. The summed E-state index contributed by atoms with van der Waals surface area (Å²) in [7, 11) is 0. The lowest BCUT2D eigenvalue weighted by atomic mass is 10.0. The van der Waals surface area contributed by atoms with Crippen molar-refractivity contribution in [1.82, 2.24) is 0 Å². The minimum Gasteiger partial charge on any atom is -0.179 e. The Bertz CT molecular complexity index is 113. The van der Waals surface area contributed by atoms with Crippen molar-refractivity contribution < 1.29 is 0 Å². The normalized spacial score (nSPS) is 13.0. The lowest BCUT2D eigenvalue weighted by Crippen LogP contribution is -2.15. The van der Waals surface area contributed by atoms with Crippen LogP contribution in [0.4, 0.5) is 0 Å². The Balaban J connectivity index is 3.71. The van der Waals surface area contributed by atoms with Gasteiger partial charge < -0.3 is 0 Å². The summed E-state index contributed by atoms with van der Waals surface area (Å²) < 4.78 is 0. The maximum Gasteiger partial charge on any atom is -0.000173 e. The molecule has 0 fully saturated rings. The van der Waals surface area contributed by atoms with E-state index in [0.717, 1.165) is 35.0 Å². The highest BCUT2D eigenvalue weighted by molar-refractivity contribution is 7.82. The van der Waals surface area contributed by atoms with Crippen LogP contribution in [-0.4, -0.2) is 22.1 Å². The van der Waals surface area contributed by atoms with Crippen molar-refractivity contribution in [2.45, 2.75) is 12.8 Å². The molecule has 0 spiro atoms. The molecule has 1 unspecified atom stereocenters. The van der Waals surface area contributed by atoms with E-state index in [9.17, 15) is 0 Å². The molecule has 0 saturated carbocycles. The zero-order valence-electron chi connectivity index (χ0n) is 6.36. The number of thiol groups is 3. The van der Waals surface area contributed by atoms with Gasteiger partial charge >= 0.3 is 0 Å². The maximum atomic E-state index is 5.21. The van der Waals surface area contributed by atoms with Gasteiger partial charge in [-0.2, -0.15) is 37.9 Å². The van der Waals surface area contributed by atoms with Gasteiger partial charge in [0.15, 0.2) is 0 Å². The van der Waals surface area contributed by atoms with Crippen LogP contribution in [0.15, 0.2) is 0 Å². The largest absolute Gasteiger partial charge is 0.179 e. The van der Waals surface area contributed by atoms with Crippen LogP contribution in [0.3, 0.4) is 0 Å². The van der Waals surface area contributed by atoms with Crippen LogP contribution >= 0.6 is 50.1 Å². The molecule has 0 aliphatic carbocycles. The van der Waals surface area contributed by atoms with Gasteiger partial charge in [-0.15, -0.1) is 0 Å². The number of thiocarbonyl (C=S) groups is 1. The van der Waals surface area contributed by atoms with Gasteiger partial charge in [-0.1, -0.05) is 12.2 Å². The van der Waals surface area contributed by atoms with Crippen LogP contribution in [0.1, 0.15) is 12.8 Å². The molecule has 0 saturated heterocycles. The second-order valence-corrected chi connectivity index (χ2v) is 4.12. The third kappa shape index (κ3) is 5.39. The summed E-state index contributed by atoms with van der Waals surface area (Å²) in [6.45, 7) is 0. The van der Waals surface area contributed by atoms with Crippen molar-refractivity contribution in [3.63, 3.8) is 0 Å². The van der Waals surface area contributed by atoms with Crippen molar-refractivity contribution in [2.75, 3.05) is 17.3 Å². The Morgan fingerprint density at radius 2 is 1.82 bits per heavy atom. The highest BCUT2D eigenvalue weighted by atomic mass is 32.1. The predicted octanol–water partition coefficient (Wildman–Crippen LogP) is 2.54. The zero-order valence-corrected chi connectivity index (χ0v) is 9.86. The molecule has 0 rings (SSSR count). The summed E-state index contributed by atoms with van der Waals surface area (Å²) in [5.41, 5.74) is 0. The van der Waals surface area contributed by atoms with Gasteiger partial charge in [-0.05, 0) is 40.9 Å². The molecule has 4 heteroatoms. The average Bonchev–Trinajstić information content (AvgIpc) is 2.00. The SMILES string of the molecule is S=C(CCS)C(CS)CCS. The van der Waals surface area contributed by atoms with Crippen LogP contribution < -0.4 is 0 Å². The lowest BCUT2D eigenvalue weighted by Gasteiger charge is -2.13. The molecule has 1 atom stereocenters. The quantitative estimate of drug-likeness (QED) is 0.462. The van der Waals surface area contributed by atoms with Gasteiger partial charge in [-0.25, -0.2) is 0 Å². The van der Waals surface area contributed by atoms with Crippen molar-refractivity contribution >= 4 is 55.0 Å². The van der Waals surface area contributed by atoms with Gasteiger partial charge in [0.2, 0.25) is 0 Å². The molecule has 0 aromatic heterocycles. The third-order valence-corrected chi connectivity index (χ3v) is 2.97. The van der Waals surface area contributed by atoms with Gasteiger partial charge in [0, 0.05) is 0 Å².